The van der Waals surface area contributed by atoms with Crippen molar-refractivity contribution in [2.24, 2.45) is 5.92 Å². The molecule has 6 nitrogen and oxygen atoms in total. The molecular weight excluding hydrogens is 260 g/mol. The van der Waals surface area contributed by atoms with E-state index in [1.165, 1.54) is 6.42 Å². The van der Waals surface area contributed by atoms with Gasteiger partial charge in [-0.15, -0.1) is 0 Å². The fourth-order valence-corrected chi connectivity index (χ4v) is 1.35. The number of hydrogen-bond acceptors (Lipinski definition) is 5. The minimum atomic E-state index is -0.403. The van der Waals surface area contributed by atoms with Gasteiger partial charge in [0, 0.05) is 13.1 Å². The highest BCUT2D eigenvalue weighted by atomic mass is 16.6. The Hall–Kier alpha value is -0.850. The summed E-state index contributed by atoms with van der Waals surface area (Å²) >= 11 is 0. The summed E-state index contributed by atoms with van der Waals surface area (Å²) in [5, 5.41) is 5.88. The topological polar surface area (TPSA) is 68.8 Å². The zero-order valence-corrected chi connectivity index (χ0v) is 13.1. The fourth-order valence-electron chi connectivity index (χ4n) is 1.35. The van der Waals surface area contributed by atoms with Crippen LogP contribution in [0.15, 0.2) is 0 Å². The predicted octanol–water partition coefficient (Wildman–Crippen LogP) is 1.40. The lowest BCUT2D eigenvalue weighted by atomic mass is 10.1. The molecule has 120 valence electrons. The van der Waals surface area contributed by atoms with E-state index in [2.05, 4.69) is 24.5 Å². The molecule has 0 saturated heterocycles. The van der Waals surface area contributed by atoms with E-state index in [1.54, 1.807) is 0 Å². The van der Waals surface area contributed by atoms with Gasteiger partial charge in [0.25, 0.3) is 0 Å². The lowest BCUT2D eigenvalue weighted by Gasteiger charge is -2.10. The molecule has 0 saturated carbocycles. The van der Waals surface area contributed by atoms with Crippen LogP contribution in [0.2, 0.25) is 0 Å². The highest BCUT2D eigenvalue weighted by Crippen LogP contribution is 1.96. The molecule has 6 heteroatoms. The maximum Gasteiger partial charge on any atom is 0.407 e. The first kappa shape index (κ1) is 19.1. The summed E-state index contributed by atoms with van der Waals surface area (Å²) in [5.74, 6) is 0.711. The quantitative estimate of drug-likeness (QED) is 0.502. The van der Waals surface area contributed by atoms with E-state index >= 15 is 0 Å². The van der Waals surface area contributed by atoms with Crippen molar-refractivity contribution in [3.05, 3.63) is 0 Å². The van der Waals surface area contributed by atoms with Crippen molar-refractivity contribution < 1.29 is 19.0 Å². The molecule has 1 unspecified atom stereocenters. The molecule has 1 atom stereocenters. The third-order valence-corrected chi connectivity index (χ3v) is 2.77. The number of nitrogens with one attached hydrogen (secondary N) is 2. The number of carbonyl (C=O) groups is 1. The Labute approximate surface area is 122 Å². The zero-order valence-electron chi connectivity index (χ0n) is 13.1. The van der Waals surface area contributed by atoms with E-state index in [0.29, 0.717) is 38.9 Å². The minimum Gasteiger partial charge on any atom is -0.447 e. The van der Waals surface area contributed by atoms with Crippen molar-refractivity contribution in [1.29, 1.82) is 0 Å². The molecule has 0 aromatic heterocycles. The fraction of sp³-hybridized carbons (Fsp3) is 0.929. The lowest BCUT2D eigenvalue weighted by Crippen LogP contribution is -2.26. The maximum atomic E-state index is 10.9. The summed E-state index contributed by atoms with van der Waals surface area (Å²) in [6, 6.07) is 0. The van der Waals surface area contributed by atoms with E-state index in [1.807, 2.05) is 6.92 Å². The Balaban J connectivity index is 3.08. The number of alkyl carbamates (subject to hydrolysis) is 1. The van der Waals surface area contributed by atoms with Gasteiger partial charge in [0.2, 0.25) is 0 Å². The van der Waals surface area contributed by atoms with Gasteiger partial charge in [-0.1, -0.05) is 20.3 Å². The zero-order chi connectivity index (χ0) is 15.1. The van der Waals surface area contributed by atoms with E-state index in [4.69, 9.17) is 14.2 Å². The second-order valence-corrected chi connectivity index (χ2v) is 4.61. The summed E-state index contributed by atoms with van der Waals surface area (Å²) in [7, 11) is 0. The summed E-state index contributed by atoms with van der Waals surface area (Å²) in [6.07, 6.45) is 0.791. The largest absolute Gasteiger partial charge is 0.447 e. The van der Waals surface area contributed by atoms with E-state index in [0.717, 1.165) is 13.1 Å². The normalized spacial score (nSPS) is 12.2. The molecule has 1 amide bonds. The molecule has 0 radical (unpaired) electrons. The van der Waals surface area contributed by atoms with Gasteiger partial charge in [0.1, 0.15) is 6.61 Å². The average molecular weight is 290 g/mol. The molecule has 0 aliphatic carbocycles. The van der Waals surface area contributed by atoms with Gasteiger partial charge >= 0.3 is 6.09 Å². The van der Waals surface area contributed by atoms with Crippen LogP contribution in [-0.2, 0) is 14.2 Å². The number of amides is 1. The van der Waals surface area contributed by atoms with Crippen LogP contribution >= 0.6 is 0 Å². The number of ether oxygens (including phenoxy) is 3. The van der Waals surface area contributed by atoms with Gasteiger partial charge < -0.3 is 24.8 Å². The maximum absolute atomic E-state index is 10.9. The molecule has 20 heavy (non-hydrogen) atoms. The van der Waals surface area contributed by atoms with Crippen molar-refractivity contribution in [3.8, 4) is 0 Å². The van der Waals surface area contributed by atoms with E-state index in [9.17, 15) is 4.79 Å². The van der Waals surface area contributed by atoms with Crippen LogP contribution in [0.4, 0.5) is 4.79 Å². The smallest absolute Gasteiger partial charge is 0.407 e. The standard InChI is InChI=1S/C14H30N2O4/c1-4-13(3)12-15-6-7-18-8-9-19-10-11-20-14(17)16-5-2/h13,15H,4-12H2,1-3H3,(H,16,17). The summed E-state index contributed by atoms with van der Waals surface area (Å²) in [4.78, 5) is 10.9. The molecule has 0 rings (SSSR count). The first-order valence-corrected chi connectivity index (χ1v) is 7.47. The molecule has 2 N–H and O–H groups in total. The van der Waals surface area contributed by atoms with Gasteiger partial charge in [-0.05, 0) is 19.4 Å². The van der Waals surface area contributed by atoms with Crippen LogP contribution < -0.4 is 10.6 Å². The van der Waals surface area contributed by atoms with Crippen LogP contribution in [0.5, 0.6) is 0 Å². The number of hydrogen-bond donors (Lipinski definition) is 2. The molecule has 0 spiro atoms. The van der Waals surface area contributed by atoms with Gasteiger partial charge in [0.15, 0.2) is 0 Å². The van der Waals surface area contributed by atoms with Crippen molar-refractivity contribution >= 4 is 6.09 Å². The van der Waals surface area contributed by atoms with Crippen LogP contribution in [0.1, 0.15) is 27.2 Å². The Morgan fingerprint density at radius 2 is 1.70 bits per heavy atom. The Morgan fingerprint density at radius 1 is 1.05 bits per heavy atom. The van der Waals surface area contributed by atoms with Crippen molar-refractivity contribution in [2.45, 2.75) is 27.2 Å². The van der Waals surface area contributed by atoms with Gasteiger partial charge in [-0.25, -0.2) is 4.79 Å². The summed E-state index contributed by atoms with van der Waals surface area (Å²) < 4.78 is 15.5. The molecule has 0 aromatic carbocycles. The second kappa shape index (κ2) is 14.6. The second-order valence-electron chi connectivity index (χ2n) is 4.61. The predicted molar refractivity (Wildman–Crippen MR) is 79.0 cm³/mol. The number of carbonyl (C=O) groups excluding carboxylic acids is 1. The molecule has 0 aliphatic heterocycles. The Morgan fingerprint density at radius 3 is 2.35 bits per heavy atom. The highest BCUT2D eigenvalue weighted by Gasteiger charge is 1.99. The van der Waals surface area contributed by atoms with E-state index in [-0.39, 0.29) is 6.61 Å². The number of rotatable bonds is 13. The summed E-state index contributed by atoms with van der Waals surface area (Å²) in [6.45, 7) is 11.2. The van der Waals surface area contributed by atoms with Crippen molar-refractivity contribution in [2.75, 3.05) is 52.7 Å². The van der Waals surface area contributed by atoms with Crippen LogP contribution in [0, 0.1) is 5.92 Å². The van der Waals surface area contributed by atoms with Crippen LogP contribution in [-0.4, -0.2) is 58.8 Å². The lowest BCUT2D eigenvalue weighted by molar-refractivity contribution is 0.0288. The van der Waals surface area contributed by atoms with Crippen molar-refractivity contribution in [3.63, 3.8) is 0 Å². The molecule has 0 aliphatic rings. The average Bonchev–Trinajstić information content (AvgIpc) is 2.44. The third-order valence-electron chi connectivity index (χ3n) is 2.77. The molecule has 0 aromatic rings. The SMILES string of the molecule is CCNC(=O)OCCOCCOCCNCC(C)CC. The van der Waals surface area contributed by atoms with E-state index < -0.39 is 6.09 Å². The van der Waals surface area contributed by atoms with Gasteiger partial charge in [-0.2, -0.15) is 0 Å². The molecule has 0 bridgehead atoms. The van der Waals surface area contributed by atoms with Gasteiger partial charge in [-0.3, -0.25) is 0 Å². The van der Waals surface area contributed by atoms with Crippen LogP contribution in [0.3, 0.4) is 0 Å². The highest BCUT2D eigenvalue weighted by molar-refractivity contribution is 5.66. The molecule has 0 heterocycles. The monoisotopic (exact) mass is 290 g/mol. The Bertz CT molecular complexity index is 227. The minimum absolute atomic E-state index is 0.266. The molecule has 0 fully saturated rings. The van der Waals surface area contributed by atoms with Crippen LogP contribution in [0.25, 0.3) is 0 Å². The summed E-state index contributed by atoms with van der Waals surface area (Å²) in [5.41, 5.74) is 0. The molecular formula is C14H30N2O4. The first-order chi connectivity index (χ1) is 9.70. The van der Waals surface area contributed by atoms with Crippen molar-refractivity contribution in [1.82, 2.24) is 10.6 Å². The van der Waals surface area contributed by atoms with Gasteiger partial charge in [0.05, 0.1) is 26.4 Å². The third kappa shape index (κ3) is 13.6. The first-order valence-electron chi connectivity index (χ1n) is 7.47. The Kier molecular flexibility index (Phi) is 13.9.